The lowest BCUT2D eigenvalue weighted by Gasteiger charge is -2.32. The molecule has 4 heteroatoms. The number of hydrogen-bond donors (Lipinski definition) is 0. The molecule has 3 nitrogen and oxygen atoms in total. The molecule has 0 radical (unpaired) electrons. The van der Waals surface area contributed by atoms with Gasteiger partial charge in [0.1, 0.15) is 6.61 Å². The minimum Gasteiger partial charge on any atom is -0.460 e. The third-order valence-electron chi connectivity index (χ3n) is 5.46. The summed E-state index contributed by atoms with van der Waals surface area (Å²) < 4.78 is 18.2. The number of fused-ring (bicyclic) bond motifs is 2. The number of esters is 1. The van der Waals surface area contributed by atoms with Crippen LogP contribution in [0.5, 0.6) is 0 Å². The molecule has 4 atom stereocenters. The van der Waals surface area contributed by atoms with Gasteiger partial charge >= 0.3 is 5.97 Å². The summed E-state index contributed by atoms with van der Waals surface area (Å²) in [5, 5.41) is 0. The van der Waals surface area contributed by atoms with Crippen LogP contribution in [0.3, 0.4) is 0 Å². The zero-order chi connectivity index (χ0) is 18.1. The Kier molecular flexibility index (Phi) is 4.53. The number of rotatable bonds is 5. The number of carbonyl (C=O) groups excluding carboxylic acids is 1. The average Bonchev–Trinajstić information content (AvgIpc) is 3.29. The molecule has 2 aliphatic rings. The molecular formula is C22H22O3S. The van der Waals surface area contributed by atoms with Crippen LogP contribution in [-0.4, -0.2) is 14.9 Å². The molecule has 0 spiro atoms. The largest absolute Gasteiger partial charge is 0.460 e. The van der Waals surface area contributed by atoms with Crippen molar-refractivity contribution in [1.82, 2.24) is 0 Å². The molecule has 0 amide bonds. The topological polar surface area (TPSA) is 43.4 Å². The summed E-state index contributed by atoms with van der Waals surface area (Å²) in [6, 6.07) is 17.3. The minimum atomic E-state index is -1.44. The normalized spacial score (nSPS) is 27.4. The lowest BCUT2D eigenvalue weighted by Crippen LogP contribution is -2.47. The molecule has 1 fully saturated rings. The molecule has 2 aromatic rings. The lowest BCUT2D eigenvalue weighted by atomic mass is 9.92. The monoisotopic (exact) mass is 366 g/mol. The first-order valence-corrected chi connectivity index (χ1v) is 10.1. The highest BCUT2D eigenvalue weighted by molar-refractivity contribution is 7.87. The first-order chi connectivity index (χ1) is 12.6. The van der Waals surface area contributed by atoms with Gasteiger partial charge in [-0.25, -0.2) is 0 Å². The molecule has 2 aromatic carbocycles. The Morgan fingerprint density at radius 2 is 1.85 bits per heavy atom. The number of ether oxygens (including phenoxy) is 1. The van der Waals surface area contributed by atoms with E-state index in [2.05, 4.69) is 12.2 Å². The molecule has 26 heavy (non-hydrogen) atoms. The Morgan fingerprint density at radius 1 is 1.12 bits per heavy atom. The summed E-state index contributed by atoms with van der Waals surface area (Å²) in [5.41, 5.74) is 2.05. The van der Waals surface area contributed by atoms with Crippen molar-refractivity contribution in [1.29, 1.82) is 0 Å². The Bertz CT molecular complexity index is 857. The number of aryl methyl sites for hydroxylation is 1. The van der Waals surface area contributed by atoms with Gasteiger partial charge in [-0.05, 0) is 43.4 Å². The number of carbonyl (C=O) groups is 1. The summed E-state index contributed by atoms with van der Waals surface area (Å²) in [7, 11) is -1.44. The second-order valence-electron chi connectivity index (χ2n) is 7.22. The van der Waals surface area contributed by atoms with Crippen LogP contribution >= 0.6 is 0 Å². The fourth-order valence-corrected chi connectivity index (χ4v) is 5.88. The van der Waals surface area contributed by atoms with Crippen LogP contribution in [0.2, 0.25) is 0 Å². The maximum absolute atomic E-state index is 13.5. The van der Waals surface area contributed by atoms with Gasteiger partial charge < -0.3 is 4.74 Å². The quantitative estimate of drug-likeness (QED) is 0.589. The Labute approximate surface area is 156 Å². The van der Waals surface area contributed by atoms with Gasteiger partial charge in [-0.2, -0.15) is 0 Å². The molecule has 0 heterocycles. The summed E-state index contributed by atoms with van der Waals surface area (Å²) in [4.78, 5) is 13.9. The fraction of sp³-hybridized carbons (Fsp3) is 0.318. The molecular weight excluding hydrogens is 344 g/mol. The first kappa shape index (κ1) is 17.2. The highest BCUT2D eigenvalue weighted by Crippen LogP contribution is 2.51. The standard InChI is InChI=1S/C22H22O3S/c1-16-7-11-20(12-8-16)26(24)22(14-18-9-10-19(22)13-18)21(23)25-15-17-5-3-2-4-6-17/h2-12,18-19H,13-15H2,1H3/t18-,19+,22+,26+/m1/s1. The van der Waals surface area contributed by atoms with Crippen LogP contribution in [-0.2, 0) is 26.9 Å². The van der Waals surface area contributed by atoms with Crippen molar-refractivity contribution >= 4 is 16.8 Å². The van der Waals surface area contributed by atoms with E-state index in [1.807, 2.05) is 61.5 Å². The van der Waals surface area contributed by atoms with E-state index in [0.717, 1.165) is 17.5 Å². The summed E-state index contributed by atoms with van der Waals surface area (Å²) in [5.74, 6) is -0.0336. The van der Waals surface area contributed by atoms with Gasteiger partial charge in [0.25, 0.3) is 0 Å². The van der Waals surface area contributed by atoms with Gasteiger partial charge in [0.2, 0.25) is 0 Å². The molecule has 134 valence electrons. The average molecular weight is 366 g/mol. The molecule has 0 aliphatic heterocycles. The third-order valence-corrected chi connectivity index (χ3v) is 7.46. The molecule has 2 aliphatic carbocycles. The summed E-state index contributed by atoms with van der Waals surface area (Å²) >= 11 is 0. The Hall–Kier alpha value is -2.20. The van der Waals surface area contributed by atoms with E-state index in [1.165, 1.54) is 0 Å². The molecule has 1 saturated carbocycles. The lowest BCUT2D eigenvalue weighted by molar-refractivity contribution is -0.148. The van der Waals surface area contributed by atoms with Crippen molar-refractivity contribution in [2.75, 3.05) is 0 Å². The predicted molar refractivity (Wildman–Crippen MR) is 102 cm³/mol. The molecule has 2 bridgehead atoms. The van der Waals surface area contributed by atoms with Crippen molar-refractivity contribution in [3.05, 3.63) is 77.9 Å². The SMILES string of the molecule is Cc1ccc([S@](=O)[C@@]2(C(=O)OCc3ccccc3)C[C@@H]3C=C[C@H]2C3)cc1. The van der Waals surface area contributed by atoms with Crippen LogP contribution in [0.4, 0.5) is 0 Å². The van der Waals surface area contributed by atoms with Gasteiger partial charge in [0, 0.05) is 10.8 Å². The van der Waals surface area contributed by atoms with Gasteiger partial charge in [-0.3, -0.25) is 9.00 Å². The van der Waals surface area contributed by atoms with E-state index < -0.39 is 15.5 Å². The van der Waals surface area contributed by atoms with E-state index in [0.29, 0.717) is 17.2 Å². The second-order valence-corrected chi connectivity index (χ2v) is 8.96. The van der Waals surface area contributed by atoms with E-state index in [9.17, 15) is 9.00 Å². The summed E-state index contributed by atoms with van der Waals surface area (Å²) in [6.07, 6.45) is 5.70. The zero-order valence-corrected chi connectivity index (χ0v) is 15.6. The van der Waals surface area contributed by atoms with Gasteiger partial charge in [0.05, 0.1) is 10.8 Å². The van der Waals surface area contributed by atoms with Crippen LogP contribution in [0, 0.1) is 18.8 Å². The third kappa shape index (κ3) is 2.92. The number of benzene rings is 2. The first-order valence-electron chi connectivity index (χ1n) is 8.97. The maximum atomic E-state index is 13.5. The van der Waals surface area contributed by atoms with Crippen molar-refractivity contribution < 1.29 is 13.7 Å². The molecule has 0 N–H and O–H groups in total. The van der Waals surface area contributed by atoms with Crippen molar-refractivity contribution in [3.63, 3.8) is 0 Å². The smallest absolute Gasteiger partial charge is 0.326 e. The molecule has 0 aromatic heterocycles. The van der Waals surface area contributed by atoms with Gasteiger partial charge in [-0.1, -0.05) is 60.2 Å². The molecule has 0 saturated heterocycles. The van der Waals surface area contributed by atoms with Crippen LogP contribution in [0.15, 0.2) is 71.6 Å². The zero-order valence-electron chi connectivity index (χ0n) is 14.8. The van der Waals surface area contributed by atoms with E-state index in [1.54, 1.807) is 0 Å². The van der Waals surface area contributed by atoms with Crippen LogP contribution in [0.25, 0.3) is 0 Å². The predicted octanol–water partition coefficient (Wildman–Crippen LogP) is 4.18. The van der Waals surface area contributed by atoms with Crippen molar-refractivity contribution in [3.8, 4) is 0 Å². The van der Waals surface area contributed by atoms with Crippen molar-refractivity contribution in [2.24, 2.45) is 11.8 Å². The van der Waals surface area contributed by atoms with Gasteiger partial charge in [0.15, 0.2) is 4.75 Å². The van der Waals surface area contributed by atoms with Crippen LogP contribution in [0.1, 0.15) is 24.0 Å². The Balaban J connectivity index is 1.62. The van der Waals surface area contributed by atoms with Crippen molar-refractivity contribution in [2.45, 2.75) is 36.0 Å². The maximum Gasteiger partial charge on any atom is 0.326 e. The number of allylic oxidation sites excluding steroid dienone is 2. The highest BCUT2D eigenvalue weighted by Gasteiger charge is 2.59. The fourth-order valence-electron chi connectivity index (χ4n) is 4.05. The van der Waals surface area contributed by atoms with Gasteiger partial charge in [-0.15, -0.1) is 0 Å². The minimum absolute atomic E-state index is 0.0158. The van der Waals surface area contributed by atoms with E-state index >= 15 is 0 Å². The Morgan fingerprint density at radius 3 is 2.46 bits per heavy atom. The molecule has 0 unspecified atom stereocenters. The number of hydrogen-bond acceptors (Lipinski definition) is 3. The summed E-state index contributed by atoms with van der Waals surface area (Å²) in [6.45, 7) is 2.21. The highest BCUT2D eigenvalue weighted by atomic mass is 32.2. The van der Waals surface area contributed by atoms with E-state index in [-0.39, 0.29) is 18.5 Å². The molecule has 4 rings (SSSR count). The van der Waals surface area contributed by atoms with Crippen LogP contribution < -0.4 is 0 Å². The second kappa shape index (κ2) is 6.84. The van der Waals surface area contributed by atoms with E-state index in [4.69, 9.17) is 4.74 Å².